The lowest BCUT2D eigenvalue weighted by atomic mass is 9.90. The van der Waals surface area contributed by atoms with Gasteiger partial charge in [-0.15, -0.1) is 0 Å². The first kappa shape index (κ1) is 12.6. The second-order valence-corrected chi connectivity index (χ2v) is 4.99. The fourth-order valence-corrected chi connectivity index (χ4v) is 2.57. The zero-order chi connectivity index (χ0) is 12.3. The summed E-state index contributed by atoms with van der Waals surface area (Å²) in [7, 11) is 0. The maximum Gasteiger partial charge on any atom is 0.208 e. The maximum atomic E-state index is 5.55. The van der Waals surface area contributed by atoms with Crippen LogP contribution < -0.4 is 5.32 Å². The zero-order valence-corrected chi connectivity index (χ0v) is 11.1. The molecule has 0 unspecified atom stereocenters. The van der Waals surface area contributed by atoms with E-state index in [2.05, 4.69) is 29.0 Å². The Morgan fingerprint density at radius 1 is 1.47 bits per heavy atom. The SMILES string of the molecule is CCC1(CC)CN(Cc2ncc(C)o2)CCN1. The summed E-state index contributed by atoms with van der Waals surface area (Å²) in [4.78, 5) is 6.72. The zero-order valence-electron chi connectivity index (χ0n) is 11.1. The van der Waals surface area contributed by atoms with Gasteiger partial charge in [-0.05, 0) is 19.8 Å². The van der Waals surface area contributed by atoms with Crippen molar-refractivity contribution >= 4 is 0 Å². The highest BCUT2D eigenvalue weighted by Crippen LogP contribution is 2.21. The van der Waals surface area contributed by atoms with Crippen molar-refractivity contribution < 1.29 is 4.42 Å². The van der Waals surface area contributed by atoms with Crippen LogP contribution in [0.15, 0.2) is 10.6 Å². The Morgan fingerprint density at radius 3 is 2.82 bits per heavy atom. The van der Waals surface area contributed by atoms with Crippen molar-refractivity contribution in [3.63, 3.8) is 0 Å². The third kappa shape index (κ3) is 2.87. The summed E-state index contributed by atoms with van der Waals surface area (Å²) >= 11 is 0. The summed E-state index contributed by atoms with van der Waals surface area (Å²) in [5, 5.41) is 3.66. The van der Waals surface area contributed by atoms with Crippen LogP contribution >= 0.6 is 0 Å². The fraction of sp³-hybridized carbons (Fsp3) is 0.769. The van der Waals surface area contributed by atoms with Crippen molar-refractivity contribution in [3.8, 4) is 0 Å². The monoisotopic (exact) mass is 237 g/mol. The van der Waals surface area contributed by atoms with Gasteiger partial charge in [-0.25, -0.2) is 4.98 Å². The third-order valence-corrected chi connectivity index (χ3v) is 3.84. The summed E-state index contributed by atoms with van der Waals surface area (Å²) in [5.41, 5.74) is 0.278. The van der Waals surface area contributed by atoms with E-state index in [4.69, 9.17) is 4.42 Å². The van der Waals surface area contributed by atoms with Crippen molar-refractivity contribution in [2.45, 2.75) is 45.7 Å². The maximum absolute atomic E-state index is 5.55. The highest BCUT2D eigenvalue weighted by molar-refractivity contribution is 4.95. The van der Waals surface area contributed by atoms with Gasteiger partial charge in [0.2, 0.25) is 5.89 Å². The van der Waals surface area contributed by atoms with E-state index in [1.165, 1.54) is 12.8 Å². The molecule has 0 radical (unpaired) electrons. The summed E-state index contributed by atoms with van der Waals surface area (Å²) in [5.74, 6) is 1.73. The number of nitrogens with zero attached hydrogens (tertiary/aromatic N) is 2. The fourth-order valence-electron chi connectivity index (χ4n) is 2.57. The molecular weight excluding hydrogens is 214 g/mol. The van der Waals surface area contributed by atoms with E-state index in [0.717, 1.165) is 37.8 Å². The van der Waals surface area contributed by atoms with Gasteiger partial charge in [0.15, 0.2) is 0 Å². The molecule has 0 aromatic carbocycles. The van der Waals surface area contributed by atoms with E-state index < -0.39 is 0 Å². The lowest BCUT2D eigenvalue weighted by Crippen LogP contribution is -2.59. The van der Waals surface area contributed by atoms with Gasteiger partial charge in [0, 0.05) is 25.2 Å². The van der Waals surface area contributed by atoms with Gasteiger partial charge in [0.05, 0.1) is 12.7 Å². The van der Waals surface area contributed by atoms with Crippen LogP contribution in [0.1, 0.15) is 38.3 Å². The van der Waals surface area contributed by atoms with Gasteiger partial charge in [0.25, 0.3) is 0 Å². The normalized spacial score (nSPS) is 20.6. The molecular formula is C13H23N3O. The van der Waals surface area contributed by atoms with Crippen LogP contribution in [0.2, 0.25) is 0 Å². The number of aryl methyl sites for hydroxylation is 1. The molecule has 1 fully saturated rings. The molecule has 4 nitrogen and oxygen atoms in total. The quantitative estimate of drug-likeness (QED) is 0.869. The summed E-state index contributed by atoms with van der Waals surface area (Å²) in [6, 6.07) is 0. The number of piperazine rings is 1. The Balaban J connectivity index is 1.98. The van der Waals surface area contributed by atoms with Crippen molar-refractivity contribution in [2.75, 3.05) is 19.6 Å². The number of hydrogen-bond donors (Lipinski definition) is 1. The minimum absolute atomic E-state index is 0.278. The topological polar surface area (TPSA) is 41.3 Å². The smallest absolute Gasteiger partial charge is 0.208 e. The lowest BCUT2D eigenvalue weighted by Gasteiger charge is -2.42. The minimum Gasteiger partial charge on any atom is -0.445 e. The van der Waals surface area contributed by atoms with Crippen LogP contribution in [0.3, 0.4) is 0 Å². The summed E-state index contributed by atoms with van der Waals surface area (Å²) in [6.07, 6.45) is 4.14. The molecule has 0 saturated carbocycles. The average Bonchev–Trinajstić information content (AvgIpc) is 2.75. The van der Waals surface area contributed by atoms with E-state index in [-0.39, 0.29) is 5.54 Å². The van der Waals surface area contributed by atoms with Crippen molar-refractivity contribution in [1.29, 1.82) is 0 Å². The first-order valence-corrected chi connectivity index (χ1v) is 6.56. The van der Waals surface area contributed by atoms with E-state index in [9.17, 15) is 0 Å². The number of nitrogens with one attached hydrogen (secondary N) is 1. The van der Waals surface area contributed by atoms with E-state index >= 15 is 0 Å². The molecule has 2 heterocycles. The molecule has 1 aliphatic rings. The first-order valence-electron chi connectivity index (χ1n) is 6.56. The molecule has 17 heavy (non-hydrogen) atoms. The third-order valence-electron chi connectivity index (χ3n) is 3.84. The molecule has 0 spiro atoms. The van der Waals surface area contributed by atoms with Gasteiger partial charge in [-0.3, -0.25) is 4.90 Å². The lowest BCUT2D eigenvalue weighted by molar-refractivity contribution is 0.110. The van der Waals surface area contributed by atoms with Gasteiger partial charge in [-0.2, -0.15) is 0 Å². The predicted octanol–water partition coefficient (Wildman–Crippen LogP) is 1.95. The van der Waals surface area contributed by atoms with Gasteiger partial charge >= 0.3 is 0 Å². The molecule has 96 valence electrons. The molecule has 0 bridgehead atoms. The number of hydrogen-bond acceptors (Lipinski definition) is 4. The molecule has 1 saturated heterocycles. The molecule has 0 amide bonds. The van der Waals surface area contributed by atoms with Crippen molar-refractivity contribution in [1.82, 2.24) is 15.2 Å². The van der Waals surface area contributed by atoms with Crippen LogP contribution in [0.25, 0.3) is 0 Å². The molecule has 0 aliphatic carbocycles. The first-order chi connectivity index (χ1) is 8.17. The Morgan fingerprint density at radius 2 is 2.24 bits per heavy atom. The molecule has 1 aromatic heterocycles. The standard InChI is InChI=1S/C13H23N3O/c1-4-13(5-2)10-16(7-6-15-13)9-12-14-8-11(3)17-12/h8,15H,4-7,9-10H2,1-3H3. The number of aromatic nitrogens is 1. The van der Waals surface area contributed by atoms with E-state index in [0.29, 0.717) is 0 Å². The molecule has 1 aromatic rings. The molecule has 0 atom stereocenters. The second-order valence-electron chi connectivity index (χ2n) is 4.99. The molecule has 1 N–H and O–H groups in total. The van der Waals surface area contributed by atoms with Gasteiger partial charge < -0.3 is 9.73 Å². The van der Waals surface area contributed by atoms with E-state index in [1.54, 1.807) is 6.20 Å². The van der Waals surface area contributed by atoms with Crippen LogP contribution in [0, 0.1) is 6.92 Å². The number of oxazole rings is 1. The van der Waals surface area contributed by atoms with Gasteiger partial charge in [-0.1, -0.05) is 13.8 Å². The van der Waals surface area contributed by atoms with Crippen molar-refractivity contribution in [3.05, 3.63) is 17.8 Å². The van der Waals surface area contributed by atoms with Crippen LogP contribution in [-0.2, 0) is 6.54 Å². The largest absolute Gasteiger partial charge is 0.445 e. The number of rotatable bonds is 4. The summed E-state index contributed by atoms with van der Waals surface area (Å²) in [6.45, 7) is 10.5. The van der Waals surface area contributed by atoms with Crippen molar-refractivity contribution in [2.24, 2.45) is 0 Å². The average molecular weight is 237 g/mol. The molecule has 1 aliphatic heterocycles. The summed E-state index contributed by atoms with van der Waals surface area (Å²) < 4.78 is 5.55. The van der Waals surface area contributed by atoms with E-state index in [1.807, 2.05) is 6.92 Å². The Bertz CT molecular complexity index is 357. The molecule has 4 heteroatoms. The Hall–Kier alpha value is -0.870. The molecule has 2 rings (SSSR count). The Labute approximate surface area is 103 Å². The Kier molecular flexibility index (Phi) is 3.84. The van der Waals surface area contributed by atoms with Gasteiger partial charge in [0.1, 0.15) is 5.76 Å². The highest BCUT2D eigenvalue weighted by Gasteiger charge is 2.31. The van der Waals surface area contributed by atoms with Crippen LogP contribution in [0.5, 0.6) is 0 Å². The second kappa shape index (κ2) is 5.19. The highest BCUT2D eigenvalue weighted by atomic mass is 16.4. The predicted molar refractivity (Wildman–Crippen MR) is 67.8 cm³/mol. The van der Waals surface area contributed by atoms with Crippen LogP contribution in [0.4, 0.5) is 0 Å². The van der Waals surface area contributed by atoms with Crippen LogP contribution in [-0.4, -0.2) is 35.1 Å². The minimum atomic E-state index is 0.278.